The molecule has 150 valence electrons. The van der Waals surface area contributed by atoms with Crippen LogP contribution in [0.4, 0.5) is 10.9 Å². The van der Waals surface area contributed by atoms with Gasteiger partial charge in [0.15, 0.2) is 16.6 Å². The van der Waals surface area contributed by atoms with Crippen molar-refractivity contribution in [2.45, 2.75) is 18.9 Å². The molecule has 0 spiro atoms. The van der Waals surface area contributed by atoms with Crippen molar-refractivity contribution >= 4 is 39.8 Å². The van der Waals surface area contributed by atoms with E-state index in [-0.39, 0.29) is 11.8 Å². The number of fused-ring (bicyclic) bond motifs is 1. The molecule has 29 heavy (non-hydrogen) atoms. The lowest BCUT2D eigenvalue weighted by Crippen LogP contribution is -2.22. The first kappa shape index (κ1) is 19.5. The fraction of sp³-hybridized carbons (Fsp3) is 0.238. The zero-order valence-corrected chi connectivity index (χ0v) is 17.6. The molecule has 0 fully saturated rings. The summed E-state index contributed by atoms with van der Waals surface area (Å²) in [4.78, 5) is 17.7. The van der Waals surface area contributed by atoms with Gasteiger partial charge in [0, 0.05) is 30.0 Å². The SMILES string of the molecule is CNc1nc2c(s1)[C@@H](c1ccc(OC)c(OCc3ccccc3Cl)c1)CC(=O)N2. The minimum atomic E-state index is -0.0908. The zero-order valence-electron chi connectivity index (χ0n) is 16.0. The minimum absolute atomic E-state index is 0.0511. The molecule has 0 radical (unpaired) electrons. The lowest BCUT2D eigenvalue weighted by atomic mass is 9.91. The number of rotatable bonds is 6. The quantitative estimate of drug-likeness (QED) is 0.583. The van der Waals surface area contributed by atoms with Gasteiger partial charge in [0.05, 0.1) is 12.0 Å². The third kappa shape index (κ3) is 4.02. The largest absolute Gasteiger partial charge is 0.493 e. The summed E-state index contributed by atoms with van der Waals surface area (Å²) in [7, 11) is 3.42. The highest BCUT2D eigenvalue weighted by Gasteiger charge is 2.30. The summed E-state index contributed by atoms with van der Waals surface area (Å²) < 4.78 is 11.5. The molecule has 2 heterocycles. The van der Waals surface area contributed by atoms with Crippen LogP contribution in [0, 0.1) is 0 Å². The van der Waals surface area contributed by atoms with Crippen LogP contribution in [0.25, 0.3) is 0 Å². The number of thiazole rings is 1. The van der Waals surface area contributed by atoms with E-state index in [0.29, 0.717) is 35.4 Å². The molecule has 3 aromatic rings. The number of nitrogens with one attached hydrogen (secondary N) is 2. The number of amides is 1. The van der Waals surface area contributed by atoms with Crippen LogP contribution < -0.4 is 20.1 Å². The Morgan fingerprint density at radius 2 is 2.10 bits per heavy atom. The third-order valence-electron chi connectivity index (χ3n) is 4.76. The maximum atomic E-state index is 12.2. The van der Waals surface area contributed by atoms with E-state index in [0.717, 1.165) is 21.1 Å². The summed E-state index contributed by atoms with van der Waals surface area (Å²) in [5, 5.41) is 7.32. The number of hydrogen-bond acceptors (Lipinski definition) is 6. The van der Waals surface area contributed by atoms with Crippen molar-refractivity contribution in [1.82, 2.24) is 4.98 Å². The summed E-state index contributed by atoms with van der Waals surface area (Å²) in [5.41, 5.74) is 1.87. The summed E-state index contributed by atoms with van der Waals surface area (Å²) in [5.74, 6) is 1.71. The number of hydrogen-bond donors (Lipinski definition) is 2. The molecule has 1 amide bonds. The Morgan fingerprint density at radius 1 is 1.28 bits per heavy atom. The maximum absolute atomic E-state index is 12.2. The van der Waals surface area contributed by atoms with Gasteiger partial charge in [-0.2, -0.15) is 0 Å². The number of anilines is 2. The van der Waals surface area contributed by atoms with Crippen molar-refractivity contribution in [2.75, 3.05) is 24.8 Å². The average molecular weight is 430 g/mol. The van der Waals surface area contributed by atoms with Crippen molar-refractivity contribution < 1.29 is 14.3 Å². The number of benzene rings is 2. The van der Waals surface area contributed by atoms with Crippen molar-refractivity contribution in [3.8, 4) is 11.5 Å². The van der Waals surface area contributed by atoms with E-state index >= 15 is 0 Å². The molecule has 4 rings (SSSR count). The molecule has 8 heteroatoms. The Kier molecular flexibility index (Phi) is 5.60. The van der Waals surface area contributed by atoms with E-state index in [1.54, 1.807) is 18.4 Å². The molecule has 2 N–H and O–H groups in total. The van der Waals surface area contributed by atoms with Crippen LogP contribution in [0.3, 0.4) is 0 Å². The Morgan fingerprint density at radius 3 is 2.86 bits per heavy atom. The Balaban J connectivity index is 1.65. The summed E-state index contributed by atoms with van der Waals surface area (Å²) in [6, 6.07) is 13.3. The number of nitrogens with zero attached hydrogens (tertiary/aromatic N) is 1. The molecule has 1 aromatic heterocycles. The van der Waals surface area contributed by atoms with Gasteiger partial charge in [-0.1, -0.05) is 47.2 Å². The smallest absolute Gasteiger partial charge is 0.226 e. The van der Waals surface area contributed by atoms with Crippen LogP contribution in [0.1, 0.15) is 28.3 Å². The van der Waals surface area contributed by atoms with Crippen LogP contribution in [0.2, 0.25) is 5.02 Å². The highest BCUT2D eigenvalue weighted by molar-refractivity contribution is 7.16. The average Bonchev–Trinajstić information content (AvgIpc) is 3.15. The molecule has 0 saturated carbocycles. The van der Waals surface area contributed by atoms with Gasteiger partial charge in [-0.3, -0.25) is 4.79 Å². The first-order chi connectivity index (χ1) is 14.1. The van der Waals surface area contributed by atoms with Crippen LogP contribution >= 0.6 is 22.9 Å². The van der Waals surface area contributed by atoms with Crippen molar-refractivity contribution in [3.63, 3.8) is 0 Å². The van der Waals surface area contributed by atoms with Gasteiger partial charge in [0.2, 0.25) is 5.91 Å². The van der Waals surface area contributed by atoms with Crippen molar-refractivity contribution in [2.24, 2.45) is 0 Å². The first-order valence-electron chi connectivity index (χ1n) is 9.11. The van der Waals surface area contributed by atoms with Crippen LogP contribution in [-0.4, -0.2) is 25.0 Å². The fourth-order valence-corrected chi connectivity index (χ4v) is 4.48. The minimum Gasteiger partial charge on any atom is -0.493 e. The van der Waals surface area contributed by atoms with Crippen molar-refractivity contribution in [3.05, 3.63) is 63.5 Å². The molecule has 0 bridgehead atoms. The second kappa shape index (κ2) is 8.31. The topological polar surface area (TPSA) is 72.5 Å². The van der Waals surface area contributed by atoms with Gasteiger partial charge in [0.25, 0.3) is 0 Å². The van der Waals surface area contributed by atoms with Gasteiger partial charge in [0.1, 0.15) is 12.4 Å². The standard InChI is InChI=1S/C21H20ClN3O3S/c1-23-21-25-20-19(29-21)14(10-18(26)24-20)12-7-8-16(27-2)17(9-12)28-11-13-5-3-4-6-15(13)22/h3-9,14H,10-11H2,1-2H3,(H,23,25)(H,24,26)/t14-/m1/s1. The Bertz CT molecular complexity index is 1050. The van der Waals surface area contributed by atoms with E-state index in [4.69, 9.17) is 21.1 Å². The van der Waals surface area contributed by atoms with E-state index in [1.165, 1.54) is 0 Å². The highest BCUT2D eigenvalue weighted by Crippen LogP contribution is 2.44. The van der Waals surface area contributed by atoms with Gasteiger partial charge in [-0.25, -0.2) is 4.98 Å². The van der Waals surface area contributed by atoms with E-state index in [2.05, 4.69) is 15.6 Å². The van der Waals surface area contributed by atoms with Gasteiger partial charge < -0.3 is 20.1 Å². The van der Waals surface area contributed by atoms with Crippen LogP contribution in [0.15, 0.2) is 42.5 Å². The van der Waals surface area contributed by atoms with Crippen molar-refractivity contribution in [1.29, 1.82) is 0 Å². The number of carbonyl (C=O) groups excluding carboxylic acids is 1. The number of halogens is 1. The Hall–Kier alpha value is -2.77. The molecule has 1 aliphatic rings. The first-order valence-corrected chi connectivity index (χ1v) is 10.3. The lowest BCUT2D eigenvalue weighted by Gasteiger charge is -2.22. The number of ether oxygens (including phenoxy) is 2. The molecule has 0 saturated heterocycles. The maximum Gasteiger partial charge on any atom is 0.226 e. The predicted octanol–water partition coefficient (Wildman–Crippen LogP) is 4.90. The number of aromatic nitrogens is 1. The van der Waals surface area contributed by atoms with Gasteiger partial charge >= 0.3 is 0 Å². The summed E-state index contributed by atoms with van der Waals surface area (Å²) in [6.45, 7) is 0.320. The fourth-order valence-electron chi connectivity index (χ4n) is 3.29. The number of carbonyl (C=O) groups is 1. The normalized spacial score (nSPS) is 15.4. The second-order valence-electron chi connectivity index (χ2n) is 6.58. The van der Waals surface area contributed by atoms with E-state index in [1.807, 2.05) is 49.5 Å². The lowest BCUT2D eigenvalue weighted by molar-refractivity contribution is -0.116. The monoisotopic (exact) mass is 429 g/mol. The molecule has 1 aliphatic heterocycles. The Labute approximate surface area is 177 Å². The van der Waals surface area contributed by atoms with Crippen LogP contribution in [0.5, 0.6) is 11.5 Å². The molecular weight excluding hydrogens is 410 g/mol. The zero-order chi connectivity index (χ0) is 20.4. The summed E-state index contributed by atoms with van der Waals surface area (Å²) >= 11 is 7.78. The molecule has 0 aliphatic carbocycles. The second-order valence-corrected chi connectivity index (χ2v) is 8.01. The van der Waals surface area contributed by atoms with E-state index < -0.39 is 0 Å². The van der Waals surface area contributed by atoms with Crippen LogP contribution in [-0.2, 0) is 11.4 Å². The molecular formula is C21H20ClN3O3S. The molecule has 0 unspecified atom stereocenters. The number of methoxy groups -OCH3 is 1. The summed E-state index contributed by atoms with van der Waals surface area (Å²) in [6.07, 6.45) is 0.356. The van der Waals surface area contributed by atoms with Gasteiger partial charge in [-0.15, -0.1) is 0 Å². The molecule has 6 nitrogen and oxygen atoms in total. The van der Waals surface area contributed by atoms with Gasteiger partial charge in [-0.05, 0) is 23.8 Å². The molecule has 1 atom stereocenters. The predicted molar refractivity (Wildman–Crippen MR) is 116 cm³/mol. The third-order valence-corrected chi connectivity index (χ3v) is 6.32. The highest BCUT2D eigenvalue weighted by atomic mass is 35.5. The van der Waals surface area contributed by atoms with E-state index in [9.17, 15) is 4.79 Å². The molecule has 2 aromatic carbocycles.